The van der Waals surface area contributed by atoms with Crippen molar-refractivity contribution >= 4 is 27.3 Å². The van der Waals surface area contributed by atoms with Crippen LogP contribution in [0, 0.1) is 6.92 Å². The first-order valence-corrected chi connectivity index (χ1v) is 10.9. The van der Waals surface area contributed by atoms with Gasteiger partial charge in [-0.3, -0.25) is 4.79 Å². The molecule has 0 spiro atoms. The van der Waals surface area contributed by atoms with Gasteiger partial charge in [0.05, 0.1) is 10.6 Å². The van der Waals surface area contributed by atoms with Crippen LogP contribution in [0.1, 0.15) is 41.3 Å². The Bertz CT molecular complexity index is 1160. The predicted octanol–water partition coefficient (Wildman–Crippen LogP) is 4.11. The summed E-state index contributed by atoms with van der Waals surface area (Å²) in [5.41, 5.74) is 2.85. The Hall–Kier alpha value is -3.39. The highest BCUT2D eigenvalue weighted by Crippen LogP contribution is 2.14. The van der Waals surface area contributed by atoms with Crippen LogP contribution in [0.2, 0.25) is 0 Å². The lowest BCUT2D eigenvalue weighted by Crippen LogP contribution is -2.20. The number of nitrogens with zero attached hydrogens (tertiary/aromatic N) is 1. The fourth-order valence-corrected chi connectivity index (χ4v) is 3.55. The minimum atomic E-state index is -3.75. The Kier molecular flexibility index (Phi) is 6.37. The third kappa shape index (κ3) is 5.15. The van der Waals surface area contributed by atoms with Gasteiger partial charge in [0.1, 0.15) is 5.76 Å². The van der Waals surface area contributed by atoms with Gasteiger partial charge >= 0.3 is 0 Å². The van der Waals surface area contributed by atoms with E-state index < -0.39 is 10.0 Å². The van der Waals surface area contributed by atoms with Crippen LogP contribution in [0.5, 0.6) is 0 Å². The SMILES string of the molecule is CCc1ccc(S(=O)(=O)N/N=C(/C)c2ccc(NC(=O)c3ccc(C)o3)cc2)cc1. The molecule has 0 fully saturated rings. The lowest BCUT2D eigenvalue weighted by Gasteiger charge is -2.07. The van der Waals surface area contributed by atoms with E-state index in [9.17, 15) is 13.2 Å². The van der Waals surface area contributed by atoms with Crippen molar-refractivity contribution in [2.45, 2.75) is 32.1 Å². The highest BCUT2D eigenvalue weighted by molar-refractivity contribution is 7.89. The number of furan rings is 1. The van der Waals surface area contributed by atoms with E-state index >= 15 is 0 Å². The Morgan fingerprint density at radius 2 is 1.67 bits per heavy atom. The van der Waals surface area contributed by atoms with E-state index in [1.165, 1.54) is 0 Å². The van der Waals surface area contributed by atoms with Gasteiger partial charge in [0, 0.05) is 5.69 Å². The summed E-state index contributed by atoms with van der Waals surface area (Å²) in [6.07, 6.45) is 0.836. The first kappa shape index (κ1) is 21.3. The lowest BCUT2D eigenvalue weighted by atomic mass is 10.1. The van der Waals surface area contributed by atoms with Crippen molar-refractivity contribution < 1.29 is 17.6 Å². The number of hydrazone groups is 1. The fourth-order valence-electron chi connectivity index (χ4n) is 2.69. The molecule has 0 unspecified atom stereocenters. The van der Waals surface area contributed by atoms with Gasteiger partial charge in [-0.15, -0.1) is 0 Å². The maximum atomic E-state index is 12.4. The number of hydrogen-bond acceptors (Lipinski definition) is 5. The number of anilines is 1. The van der Waals surface area contributed by atoms with Gasteiger partial charge in [-0.2, -0.15) is 18.4 Å². The number of nitrogens with one attached hydrogen (secondary N) is 2. The molecule has 30 heavy (non-hydrogen) atoms. The minimum Gasteiger partial charge on any atom is -0.456 e. The second kappa shape index (κ2) is 8.96. The standard InChI is InChI=1S/C22H23N3O4S/c1-4-17-6-12-20(13-7-17)30(27,28)25-24-16(3)18-8-10-19(11-9-18)23-22(26)21-14-5-15(2)29-21/h5-14,25H,4H2,1-3H3,(H,23,26)/b24-16-. The molecular weight excluding hydrogens is 402 g/mol. The largest absolute Gasteiger partial charge is 0.456 e. The molecule has 2 N–H and O–H groups in total. The maximum absolute atomic E-state index is 12.4. The van der Waals surface area contributed by atoms with Crippen LogP contribution < -0.4 is 10.1 Å². The third-order valence-electron chi connectivity index (χ3n) is 4.50. The van der Waals surface area contributed by atoms with Gasteiger partial charge in [0.25, 0.3) is 15.9 Å². The van der Waals surface area contributed by atoms with Gasteiger partial charge in [-0.1, -0.05) is 31.2 Å². The van der Waals surface area contributed by atoms with Crippen molar-refractivity contribution in [2.75, 3.05) is 5.32 Å². The molecule has 1 amide bonds. The second-order valence-electron chi connectivity index (χ2n) is 6.73. The fraction of sp³-hybridized carbons (Fsp3) is 0.182. The van der Waals surface area contributed by atoms with Gasteiger partial charge in [-0.05, 0) is 67.8 Å². The molecule has 3 rings (SSSR count). The zero-order chi connectivity index (χ0) is 21.7. The summed E-state index contributed by atoms with van der Waals surface area (Å²) >= 11 is 0. The first-order chi connectivity index (χ1) is 14.3. The molecule has 1 aromatic heterocycles. The average molecular weight is 426 g/mol. The Morgan fingerprint density at radius 1 is 1.00 bits per heavy atom. The first-order valence-electron chi connectivity index (χ1n) is 9.42. The van der Waals surface area contributed by atoms with E-state index in [0.29, 0.717) is 22.7 Å². The number of amides is 1. The number of hydrogen-bond donors (Lipinski definition) is 2. The van der Waals surface area contributed by atoms with Gasteiger partial charge < -0.3 is 9.73 Å². The summed E-state index contributed by atoms with van der Waals surface area (Å²) in [7, 11) is -3.75. The van der Waals surface area contributed by atoms with Crippen LogP contribution >= 0.6 is 0 Å². The van der Waals surface area contributed by atoms with Crippen LogP contribution in [0.25, 0.3) is 0 Å². The number of aryl methyl sites for hydroxylation is 2. The molecular formula is C22H23N3O4S. The molecule has 8 heteroatoms. The van der Waals surface area contributed by atoms with E-state index in [4.69, 9.17) is 4.42 Å². The topological polar surface area (TPSA) is 101 Å². The molecule has 0 aliphatic heterocycles. The van der Waals surface area contributed by atoms with Crippen LogP contribution in [-0.4, -0.2) is 20.0 Å². The van der Waals surface area contributed by atoms with Gasteiger partial charge in [0.2, 0.25) is 0 Å². The Balaban J connectivity index is 1.66. The van der Waals surface area contributed by atoms with Crippen LogP contribution in [0.4, 0.5) is 5.69 Å². The van der Waals surface area contributed by atoms with Crippen molar-refractivity contribution in [3.8, 4) is 0 Å². The minimum absolute atomic E-state index is 0.155. The monoisotopic (exact) mass is 425 g/mol. The molecule has 3 aromatic rings. The second-order valence-corrected chi connectivity index (χ2v) is 8.39. The Morgan fingerprint density at radius 3 is 2.23 bits per heavy atom. The summed E-state index contributed by atoms with van der Waals surface area (Å²) in [6.45, 7) is 5.47. The van der Waals surface area contributed by atoms with Crippen molar-refractivity contribution in [1.82, 2.24) is 4.83 Å². The van der Waals surface area contributed by atoms with Gasteiger partial charge in [-0.25, -0.2) is 0 Å². The molecule has 0 bridgehead atoms. The summed E-state index contributed by atoms with van der Waals surface area (Å²) in [4.78, 5) is 14.5. The van der Waals surface area contributed by atoms with E-state index in [1.807, 2.05) is 6.92 Å². The highest BCUT2D eigenvalue weighted by Gasteiger charge is 2.13. The van der Waals surface area contributed by atoms with Crippen molar-refractivity contribution in [3.05, 3.63) is 83.3 Å². The molecule has 156 valence electrons. The molecule has 0 saturated heterocycles. The zero-order valence-corrected chi connectivity index (χ0v) is 17.8. The molecule has 0 atom stereocenters. The molecule has 1 heterocycles. The summed E-state index contributed by atoms with van der Waals surface area (Å²) in [6, 6.07) is 16.9. The number of carbonyl (C=O) groups excluding carboxylic acids is 1. The van der Waals surface area contributed by atoms with Crippen LogP contribution in [0.15, 0.2) is 75.1 Å². The molecule has 2 aromatic carbocycles. The van der Waals surface area contributed by atoms with Crippen molar-refractivity contribution in [3.63, 3.8) is 0 Å². The summed E-state index contributed by atoms with van der Waals surface area (Å²) in [5, 5.41) is 6.74. The van der Waals surface area contributed by atoms with Crippen molar-refractivity contribution in [2.24, 2.45) is 5.10 Å². The smallest absolute Gasteiger partial charge is 0.291 e. The van der Waals surface area contributed by atoms with Crippen LogP contribution in [0.3, 0.4) is 0 Å². The lowest BCUT2D eigenvalue weighted by molar-refractivity contribution is 0.0995. The highest BCUT2D eigenvalue weighted by atomic mass is 32.2. The van der Waals surface area contributed by atoms with Crippen molar-refractivity contribution in [1.29, 1.82) is 0 Å². The quantitative estimate of drug-likeness (QED) is 0.439. The van der Waals surface area contributed by atoms with E-state index in [2.05, 4.69) is 15.2 Å². The average Bonchev–Trinajstić information content (AvgIpc) is 3.19. The number of benzene rings is 2. The normalized spacial score (nSPS) is 11.9. The maximum Gasteiger partial charge on any atom is 0.291 e. The molecule has 7 nitrogen and oxygen atoms in total. The number of carbonyl (C=O) groups is 1. The number of sulfonamides is 1. The molecule has 0 aliphatic carbocycles. The predicted molar refractivity (Wildman–Crippen MR) is 116 cm³/mol. The molecule has 0 radical (unpaired) electrons. The molecule has 0 aliphatic rings. The van der Waals surface area contributed by atoms with E-state index in [1.54, 1.807) is 74.5 Å². The number of rotatable bonds is 7. The zero-order valence-electron chi connectivity index (χ0n) is 17.0. The summed E-state index contributed by atoms with van der Waals surface area (Å²) in [5.74, 6) is 0.546. The van der Waals surface area contributed by atoms with E-state index in [-0.39, 0.29) is 16.6 Å². The summed E-state index contributed by atoms with van der Waals surface area (Å²) < 4.78 is 30.1. The van der Waals surface area contributed by atoms with Crippen LogP contribution in [-0.2, 0) is 16.4 Å². The molecule has 0 saturated carbocycles. The van der Waals surface area contributed by atoms with Gasteiger partial charge in [0.15, 0.2) is 5.76 Å². The third-order valence-corrected chi connectivity index (χ3v) is 5.72. The Labute approximate surface area is 175 Å². The van der Waals surface area contributed by atoms with E-state index in [0.717, 1.165) is 12.0 Å².